The van der Waals surface area contributed by atoms with E-state index in [9.17, 15) is 17.8 Å². The van der Waals surface area contributed by atoms with E-state index < -0.39 is 10.4 Å². The smallest absolute Gasteiger partial charge is 0.220 e. The molecule has 51 heavy (non-hydrogen) atoms. The van der Waals surface area contributed by atoms with Gasteiger partial charge >= 0.3 is 0 Å². The van der Waals surface area contributed by atoms with Gasteiger partial charge in [0.25, 0.3) is 0 Å². The monoisotopic (exact) mass is 732 g/mol. The second-order valence-electron chi connectivity index (χ2n) is 13.3. The number of hydrogen-bond acceptors (Lipinski definition) is 6. The number of rotatable bonds is 30. The number of carbonyl (C=O) groups excluding carboxylic acids is 1. The molecule has 1 unspecified atom stereocenters. The number of quaternary nitrogens is 1. The van der Waals surface area contributed by atoms with Crippen LogP contribution in [-0.4, -0.2) is 69.5 Å². The number of aliphatic imine (C=N–C) groups is 1. The van der Waals surface area contributed by atoms with Gasteiger partial charge in [0.1, 0.15) is 13.1 Å². The maximum absolute atomic E-state index is 12.4. The maximum atomic E-state index is 12.4. The van der Waals surface area contributed by atoms with Crippen LogP contribution in [0.15, 0.2) is 77.9 Å². The highest BCUT2D eigenvalue weighted by molar-refractivity contribution is 7.80. The fraction of sp³-hybridized carbons (Fsp3) is 0.667. The highest BCUT2D eigenvalue weighted by atomic mass is 32.3. The highest BCUT2D eigenvalue weighted by Gasteiger charge is 2.32. The van der Waals surface area contributed by atoms with Crippen LogP contribution >= 0.6 is 0 Å². The van der Waals surface area contributed by atoms with Crippen molar-refractivity contribution in [1.29, 1.82) is 0 Å². The Kier molecular flexibility index (Phi) is 32.7. The van der Waals surface area contributed by atoms with Gasteiger partial charge in [-0.25, -0.2) is 13.4 Å². The van der Waals surface area contributed by atoms with Crippen molar-refractivity contribution in [1.82, 2.24) is 5.32 Å². The molecule has 1 atom stereocenters. The largest absolute Gasteiger partial charge is 0.726 e. The van der Waals surface area contributed by atoms with E-state index in [1.165, 1.54) is 70.0 Å². The molecule has 0 aromatic rings. The van der Waals surface area contributed by atoms with Crippen LogP contribution in [0.3, 0.4) is 0 Å². The molecule has 1 amide bonds. The van der Waals surface area contributed by atoms with Crippen molar-refractivity contribution < 1.29 is 26.4 Å². The van der Waals surface area contributed by atoms with E-state index in [2.05, 4.69) is 103 Å². The van der Waals surface area contributed by atoms with Crippen molar-refractivity contribution in [2.24, 2.45) is 4.99 Å². The van der Waals surface area contributed by atoms with E-state index in [4.69, 9.17) is 4.99 Å². The molecule has 0 spiro atoms. The molecule has 292 valence electrons. The first-order chi connectivity index (χ1) is 24.7. The first-order valence-corrected chi connectivity index (χ1v) is 21.1. The van der Waals surface area contributed by atoms with Gasteiger partial charge in [0.15, 0.2) is 5.84 Å². The van der Waals surface area contributed by atoms with Crippen LogP contribution in [0.5, 0.6) is 0 Å². The Bertz CT molecular complexity index is 1170. The SMILES string of the molecule is CC/C=C\C/C=C\C/C=C\CCCCCCCC(=O)NCC[N+]1(C)CCN=C1CCCCCCC/C=C\C/C=C\C/C=C\CC.COS(=O)(=O)[O-]. The molecule has 1 N–H and O–H groups in total. The summed E-state index contributed by atoms with van der Waals surface area (Å²) in [6.45, 7) is 8.06. The van der Waals surface area contributed by atoms with Crippen LogP contribution in [0.4, 0.5) is 0 Å². The zero-order valence-corrected chi connectivity index (χ0v) is 33.6. The number of hydrogen-bond donors (Lipinski definition) is 1. The van der Waals surface area contributed by atoms with Crippen LogP contribution in [0.1, 0.15) is 142 Å². The van der Waals surface area contributed by atoms with Crippen LogP contribution in [-0.2, 0) is 19.4 Å². The molecule has 0 radical (unpaired) electrons. The maximum Gasteiger partial charge on any atom is 0.220 e. The van der Waals surface area contributed by atoms with Gasteiger partial charge < -0.3 is 9.87 Å². The summed E-state index contributed by atoms with van der Waals surface area (Å²) < 4.78 is 31.9. The molecule has 9 heteroatoms. The van der Waals surface area contributed by atoms with Crippen molar-refractivity contribution in [2.75, 3.05) is 40.3 Å². The van der Waals surface area contributed by atoms with E-state index >= 15 is 0 Å². The number of allylic oxidation sites excluding steroid dienone is 12. The third-order valence-corrected chi connectivity index (χ3v) is 9.16. The van der Waals surface area contributed by atoms with E-state index in [0.717, 1.165) is 95.6 Å². The second kappa shape index (κ2) is 34.5. The lowest BCUT2D eigenvalue weighted by molar-refractivity contribution is -0.814. The predicted molar refractivity (Wildman–Crippen MR) is 216 cm³/mol. The Morgan fingerprint density at radius 1 is 0.725 bits per heavy atom. The average molecular weight is 732 g/mol. The van der Waals surface area contributed by atoms with Gasteiger partial charge in [0.2, 0.25) is 16.3 Å². The number of nitrogens with one attached hydrogen (secondary N) is 1. The van der Waals surface area contributed by atoms with Gasteiger partial charge in [-0.2, -0.15) is 0 Å². The van der Waals surface area contributed by atoms with Crippen molar-refractivity contribution in [3.05, 3.63) is 72.9 Å². The average Bonchev–Trinajstić information content (AvgIpc) is 3.47. The van der Waals surface area contributed by atoms with Gasteiger partial charge in [-0.1, -0.05) is 125 Å². The molecule has 1 aliphatic rings. The Morgan fingerprint density at radius 2 is 1.16 bits per heavy atom. The number of amidine groups is 1. The first-order valence-electron chi connectivity index (χ1n) is 19.7. The summed E-state index contributed by atoms with van der Waals surface area (Å²) in [7, 11) is -1.30. The van der Waals surface area contributed by atoms with E-state index in [1.807, 2.05) is 0 Å². The predicted octanol–water partition coefficient (Wildman–Crippen LogP) is 10.2. The summed E-state index contributed by atoms with van der Waals surface area (Å²) in [5, 5.41) is 3.19. The zero-order valence-electron chi connectivity index (χ0n) is 32.7. The number of carbonyl (C=O) groups is 1. The fourth-order valence-electron chi connectivity index (χ4n) is 5.63. The molecule has 0 aromatic carbocycles. The normalized spacial score (nSPS) is 16.8. The molecule has 0 saturated carbocycles. The van der Waals surface area contributed by atoms with Gasteiger partial charge in [-0.05, 0) is 77.0 Å². The molecule has 1 rings (SSSR count). The Balaban J connectivity index is 0.00000381. The lowest BCUT2D eigenvalue weighted by Crippen LogP contribution is -2.51. The van der Waals surface area contributed by atoms with Crippen molar-refractivity contribution in [3.8, 4) is 0 Å². The molecule has 0 aromatic heterocycles. The van der Waals surface area contributed by atoms with Crippen molar-refractivity contribution in [2.45, 2.75) is 142 Å². The molecule has 0 fully saturated rings. The van der Waals surface area contributed by atoms with Crippen LogP contribution in [0.2, 0.25) is 0 Å². The molecule has 0 saturated heterocycles. The quantitative estimate of drug-likeness (QED) is 0.0260. The minimum Gasteiger partial charge on any atom is -0.726 e. The summed E-state index contributed by atoms with van der Waals surface area (Å²) in [6, 6.07) is 0. The fourth-order valence-corrected chi connectivity index (χ4v) is 5.63. The summed E-state index contributed by atoms with van der Waals surface area (Å²) in [4.78, 5) is 17.3. The summed E-state index contributed by atoms with van der Waals surface area (Å²) in [5.41, 5.74) is 0. The molecule has 1 heterocycles. The van der Waals surface area contributed by atoms with Gasteiger partial charge in [-0.15, -0.1) is 0 Å². The standard InChI is InChI=1S/C41H69N3O.CH4O4S/c1-4-6-8-10-12-14-16-18-20-22-24-26-28-30-32-34-40-42-36-38-44(40,3)39-37-43-41(45)35-33-31-29-27-25-23-21-19-17-15-13-11-9-7-5-2;1-5-6(2,3)4/h6-9,12-15,18-21H,4-5,10-11,16-17,22-39H2,1-3H3;1H3,(H,2,3,4)/b8-6-,9-7-,14-12-,15-13-,20-18-,21-19-;. The van der Waals surface area contributed by atoms with Crippen LogP contribution in [0.25, 0.3) is 0 Å². The Hall–Kier alpha value is -2.59. The Morgan fingerprint density at radius 3 is 1.65 bits per heavy atom. The number of likely N-dealkylation sites (N-methyl/N-ethyl adjacent to an activating group) is 1. The summed E-state index contributed by atoms with van der Waals surface area (Å²) in [6.07, 6.45) is 50.1. The van der Waals surface area contributed by atoms with Gasteiger partial charge in [0.05, 0.1) is 27.2 Å². The second-order valence-corrected chi connectivity index (χ2v) is 14.4. The molecule has 0 aliphatic carbocycles. The molecular weight excluding hydrogens is 659 g/mol. The molecule has 8 nitrogen and oxygen atoms in total. The topological polar surface area (TPSA) is 108 Å². The molecular formula is C42H73N3O5S. The molecule has 1 aliphatic heterocycles. The zero-order chi connectivity index (χ0) is 37.7. The third kappa shape index (κ3) is 33.0. The van der Waals surface area contributed by atoms with E-state index in [1.54, 1.807) is 0 Å². The minimum absolute atomic E-state index is 0.214. The van der Waals surface area contributed by atoms with E-state index in [-0.39, 0.29) is 5.91 Å². The lowest BCUT2D eigenvalue weighted by atomic mass is 10.1. The van der Waals surface area contributed by atoms with Crippen molar-refractivity contribution in [3.63, 3.8) is 0 Å². The Labute approximate surface area is 313 Å². The lowest BCUT2D eigenvalue weighted by Gasteiger charge is -2.30. The number of unbranched alkanes of at least 4 members (excludes halogenated alkanes) is 10. The molecule has 0 bridgehead atoms. The van der Waals surface area contributed by atoms with Crippen molar-refractivity contribution >= 4 is 22.1 Å². The highest BCUT2D eigenvalue weighted by Crippen LogP contribution is 2.18. The summed E-state index contributed by atoms with van der Waals surface area (Å²) in [5.74, 6) is 1.56. The van der Waals surface area contributed by atoms with E-state index in [0.29, 0.717) is 6.42 Å². The number of amides is 1. The third-order valence-electron chi connectivity index (χ3n) is 8.75. The van der Waals surface area contributed by atoms with Gasteiger partial charge in [0, 0.05) is 12.8 Å². The van der Waals surface area contributed by atoms with Crippen LogP contribution in [0, 0.1) is 0 Å². The minimum atomic E-state index is -4.41. The van der Waals surface area contributed by atoms with Crippen LogP contribution < -0.4 is 5.32 Å². The first kappa shape index (κ1) is 48.4. The van der Waals surface area contributed by atoms with Gasteiger partial charge in [-0.3, -0.25) is 13.5 Å². The summed E-state index contributed by atoms with van der Waals surface area (Å²) >= 11 is 0. The number of nitrogens with zero attached hydrogens (tertiary/aromatic N) is 2.